The first-order valence-electron chi connectivity index (χ1n) is 6.27. The number of nitrogens with one attached hydrogen (secondary N) is 1. The van der Waals surface area contributed by atoms with E-state index in [0.29, 0.717) is 24.5 Å². The van der Waals surface area contributed by atoms with E-state index in [1.54, 1.807) is 12.1 Å². The molecule has 4 heteroatoms. The molecule has 2 rings (SSSR count). The Morgan fingerprint density at radius 3 is 2.67 bits per heavy atom. The highest BCUT2D eigenvalue weighted by Crippen LogP contribution is 2.21. The number of benzene rings is 1. The van der Waals surface area contributed by atoms with Crippen LogP contribution in [0.1, 0.15) is 35.7 Å². The van der Waals surface area contributed by atoms with E-state index in [1.807, 2.05) is 13.0 Å². The van der Waals surface area contributed by atoms with E-state index >= 15 is 0 Å². The van der Waals surface area contributed by atoms with Gasteiger partial charge in [-0.25, -0.2) is 0 Å². The molecule has 3 N–H and O–H groups in total. The highest BCUT2D eigenvalue weighted by atomic mass is 16.5. The van der Waals surface area contributed by atoms with E-state index in [-0.39, 0.29) is 11.4 Å². The zero-order valence-corrected chi connectivity index (χ0v) is 11.0. The molecule has 0 unspecified atom stereocenters. The molecular weight excluding hydrogens is 228 g/mol. The summed E-state index contributed by atoms with van der Waals surface area (Å²) < 4.78 is 5.32. The lowest BCUT2D eigenvalue weighted by Gasteiger charge is -2.34. The second-order valence-electron chi connectivity index (χ2n) is 5.20. The fraction of sp³-hybridized carbons (Fsp3) is 0.500. The molecule has 0 aromatic heterocycles. The Hall–Kier alpha value is -1.55. The number of ether oxygens (including phenoxy) is 1. The monoisotopic (exact) mass is 248 g/mol. The number of rotatable bonds is 2. The standard InChI is InChI=1S/C14H20N2O2/c1-10-9-11(15)3-4-12(10)13(17)16-14(2)5-7-18-8-6-14/h3-4,9H,5-8,15H2,1-2H3,(H,16,17). The molecule has 1 saturated heterocycles. The Balaban J connectivity index is 2.11. The van der Waals surface area contributed by atoms with Gasteiger partial charge in [-0.1, -0.05) is 0 Å². The van der Waals surface area contributed by atoms with Crippen molar-refractivity contribution in [2.75, 3.05) is 18.9 Å². The molecule has 1 aliphatic rings. The molecule has 1 aliphatic heterocycles. The van der Waals surface area contributed by atoms with Crippen LogP contribution in [-0.4, -0.2) is 24.7 Å². The van der Waals surface area contributed by atoms with Crippen molar-refractivity contribution in [3.05, 3.63) is 29.3 Å². The number of anilines is 1. The normalized spacial score (nSPS) is 18.3. The van der Waals surface area contributed by atoms with Gasteiger partial charge in [-0.3, -0.25) is 4.79 Å². The summed E-state index contributed by atoms with van der Waals surface area (Å²) in [5.41, 5.74) is 7.81. The molecule has 18 heavy (non-hydrogen) atoms. The highest BCUT2D eigenvalue weighted by molar-refractivity contribution is 5.96. The Labute approximate surface area is 108 Å². The van der Waals surface area contributed by atoms with Crippen LogP contribution in [0, 0.1) is 6.92 Å². The lowest BCUT2D eigenvalue weighted by Crippen LogP contribution is -2.49. The number of carbonyl (C=O) groups excluding carboxylic acids is 1. The Morgan fingerprint density at radius 2 is 2.06 bits per heavy atom. The minimum atomic E-state index is -0.164. The quantitative estimate of drug-likeness (QED) is 0.785. The molecule has 0 bridgehead atoms. The zero-order chi connectivity index (χ0) is 13.2. The van der Waals surface area contributed by atoms with Gasteiger partial charge >= 0.3 is 0 Å². The van der Waals surface area contributed by atoms with E-state index in [2.05, 4.69) is 12.2 Å². The number of nitrogen functional groups attached to an aromatic ring is 1. The van der Waals surface area contributed by atoms with Crippen molar-refractivity contribution in [3.63, 3.8) is 0 Å². The molecule has 0 atom stereocenters. The summed E-state index contributed by atoms with van der Waals surface area (Å²) in [6, 6.07) is 5.36. The van der Waals surface area contributed by atoms with Crippen LogP contribution < -0.4 is 11.1 Å². The van der Waals surface area contributed by atoms with Crippen molar-refractivity contribution >= 4 is 11.6 Å². The Morgan fingerprint density at radius 1 is 1.39 bits per heavy atom. The molecule has 98 valence electrons. The van der Waals surface area contributed by atoms with Gasteiger partial charge in [0.15, 0.2) is 0 Å². The largest absolute Gasteiger partial charge is 0.399 e. The van der Waals surface area contributed by atoms with Crippen LogP contribution in [0.2, 0.25) is 0 Å². The van der Waals surface area contributed by atoms with Crippen LogP contribution in [0.25, 0.3) is 0 Å². The Bertz CT molecular complexity index is 451. The average Bonchev–Trinajstić information content (AvgIpc) is 2.28. The van der Waals surface area contributed by atoms with Crippen LogP contribution in [-0.2, 0) is 4.74 Å². The van der Waals surface area contributed by atoms with Crippen molar-refractivity contribution in [1.82, 2.24) is 5.32 Å². The van der Waals surface area contributed by atoms with Crippen molar-refractivity contribution in [2.24, 2.45) is 0 Å². The average molecular weight is 248 g/mol. The second-order valence-corrected chi connectivity index (χ2v) is 5.20. The Kier molecular flexibility index (Phi) is 3.57. The summed E-state index contributed by atoms with van der Waals surface area (Å²) in [6.45, 7) is 5.38. The molecule has 1 amide bonds. The van der Waals surface area contributed by atoms with Gasteiger partial charge in [0.05, 0.1) is 0 Å². The molecule has 0 saturated carbocycles. The fourth-order valence-electron chi connectivity index (χ4n) is 2.23. The van der Waals surface area contributed by atoms with Crippen LogP contribution in [0.5, 0.6) is 0 Å². The third-order valence-corrected chi connectivity index (χ3v) is 3.51. The van der Waals surface area contributed by atoms with Gasteiger partial charge in [0.25, 0.3) is 5.91 Å². The SMILES string of the molecule is Cc1cc(N)ccc1C(=O)NC1(C)CCOCC1. The maximum absolute atomic E-state index is 12.3. The van der Waals surface area contributed by atoms with Crippen LogP contribution in [0.15, 0.2) is 18.2 Å². The predicted octanol–water partition coefficient (Wildman–Crippen LogP) is 1.88. The summed E-state index contributed by atoms with van der Waals surface area (Å²) in [4.78, 5) is 12.3. The smallest absolute Gasteiger partial charge is 0.251 e. The number of hydrogen-bond donors (Lipinski definition) is 2. The van der Waals surface area contributed by atoms with Gasteiger partial charge in [0.2, 0.25) is 0 Å². The van der Waals surface area contributed by atoms with Gasteiger partial charge < -0.3 is 15.8 Å². The predicted molar refractivity (Wildman–Crippen MR) is 71.5 cm³/mol. The lowest BCUT2D eigenvalue weighted by molar-refractivity contribution is 0.0422. The minimum Gasteiger partial charge on any atom is -0.399 e. The topological polar surface area (TPSA) is 64.4 Å². The van der Waals surface area contributed by atoms with Crippen LogP contribution in [0.4, 0.5) is 5.69 Å². The fourth-order valence-corrected chi connectivity index (χ4v) is 2.23. The van der Waals surface area contributed by atoms with Crippen LogP contribution in [0.3, 0.4) is 0 Å². The second kappa shape index (κ2) is 4.98. The summed E-state index contributed by atoms with van der Waals surface area (Å²) >= 11 is 0. The van der Waals surface area contributed by atoms with E-state index in [9.17, 15) is 4.79 Å². The molecule has 1 aromatic rings. The van der Waals surface area contributed by atoms with Gasteiger partial charge in [-0.2, -0.15) is 0 Å². The number of nitrogens with two attached hydrogens (primary N) is 1. The van der Waals surface area contributed by atoms with Gasteiger partial charge in [0, 0.05) is 30.0 Å². The van der Waals surface area contributed by atoms with E-state index in [0.717, 1.165) is 18.4 Å². The molecule has 1 aromatic carbocycles. The van der Waals surface area contributed by atoms with Crippen molar-refractivity contribution < 1.29 is 9.53 Å². The van der Waals surface area contributed by atoms with Gasteiger partial charge in [0.1, 0.15) is 0 Å². The molecule has 1 fully saturated rings. The summed E-state index contributed by atoms with van der Waals surface area (Å²) in [7, 11) is 0. The number of hydrogen-bond acceptors (Lipinski definition) is 3. The third-order valence-electron chi connectivity index (χ3n) is 3.51. The molecule has 0 spiro atoms. The van der Waals surface area contributed by atoms with E-state index in [4.69, 9.17) is 10.5 Å². The summed E-state index contributed by atoms with van der Waals surface area (Å²) in [6.07, 6.45) is 1.71. The number of carbonyl (C=O) groups is 1. The molecule has 4 nitrogen and oxygen atoms in total. The minimum absolute atomic E-state index is 0.0306. The van der Waals surface area contributed by atoms with Crippen molar-refractivity contribution in [1.29, 1.82) is 0 Å². The third kappa shape index (κ3) is 2.82. The molecule has 1 heterocycles. The first-order chi connectivity index (χ1) is 8.50. The van der Waals surface area contributed by atoms with Crippen LogP contribution >= 0.6 is 0 Å². The lowest BCUT2D eigenvalue weighted by atomic mass is 9.92. The van der Waals surface area contributed by atoms with Crippen molar-refractivity contribution in [2.45, 2.75) is 32.2 Å². The maximum Gasteiger partial charge on any atom is 0.251 e. The first-order valence-corrected chi connectivity index (χ1v) is 6.27. The number of amides is 1. The van der Waals surface area contributed by atoms with Gasteiger partial charge in [-0.05, 0) is 50.5 Å². The first kappa shape index (κ1) is 12.9. The highest BCUT2D eigenvalue weighted by Gasteiger charge is 2.29. The summed E-state index contributed by atoms with van der Waals surface area (Å²) in [5, 5.41) is 3.11. The maximum atomic E-state index is 12.3. The summed E-state index contributed by atoms with van der Waals surface area (Å²) in [5.74, 6) is -0.0306. The van der Waals surface area contributed by atoms with E-state index < -0.39 is 0 Å². The number of aryl methyl sites for hydroxylation is 1. The molecular formula is C14H20N2O2. The van der Waals surface area contributed by atoms with E-state index in [1.165, 1.54) is 0 Å². The zero-order valence-electron chi connectivity index (χ0n) is 11.0. The molecule has 0 aliphatic carbocycles. The van der Waals surface area contributed by atoms with Crippen molar-refractivity contribution in [3.8, 4) is 0 Å². The van der Waals surface area contributed by atoms with Gasteiger partial charge in [-0.15, -0.1) is 0 Å². The molecule has 0 radical (unpaired) electrons.